The fourth-order valence-corrected chi connectivity index (χ4v) is 2.87. The van der Waals surface area contributed by atoms with Crippen LogP contribution in [0.25, 0.3) is 0 Å². The highest BCUT2D eigenvalue weighted by molar-refractivity contribution is 5.86. The van der Waals surface area contributed by atoms with Crippen molar-refractivity contribution in [2.45, 2.75) is 40.0 Å². The van der Waals surface area contributed by atoms with E-state index in [1.165, 1.54) is 0 Å². The maximum atomic E-state index is 10.3. The first kappa shape index (κ1) is 12.6. The Morgan fingerprint density at radius 2 is 2.00 bits per heavy atom. The van der Waals surface area contributed by atoms with Gasteiger partial charge in [0.25, 0.3) is 5.71 Å². The molecule has 0 radical (unpaired) electrons. The van der Waals surface area contributed by atoms with E-state index in [-0.39, 0.29) is 10.8 Å². The lowest BCUT2D eigenvalue weighted by atomic mass is 9.64. The van der Waals surface area contributed by atoms with Gasteiger partial charge < -0.3 is 0 Å². The van der Waals surface area contributed by atoms with Gasteiger partial charge in [-0.25, -0.2) is 9.79 Å². The van der Waals surface area contributed by atoms with Gasteiger partial charge in [-0.1, -0.05) is 20.8 Å². The molecule has 0 bridgehead atoms. The summed E-state index contributed by atoms with van der Waals surface area (Å²) in [6.07, 6.45) is 5.65. The van der Waals surface area contributed by atoms with Crippen molar-refractivity contribution < 1.29 is 9.59 Å². The zero-order chi connectivity index (χ0) is 12.2. The lowest BCUT2D eigenvalue weighted by molar-refractivity contribution is 0.171. The molecule has 1 aliphatic carbocycles. The molecule has 0 heterocycles. The molecule has 0 spiro atoms. The molecule has 1 aliphatic rings. The van der Waals surface area contributed by atoms with Gasteiger partial charge in [0.15, 0.2) is 0 Å². The third-order valence-corrected chi connectivity index (χ3v) is 2.95. The molecule has 0 N–H and O–H groups in total. The quantitative estimate of drug-likeness (QED) is 0.402. The number of hydrogen-bond donors (Lipinski definition) is 0. The van der Waals surface area contributed by atoms with Crippen LogP contribution in [0.3, 0.4) is 0 Å². The average molecular weight is 221 g/mol. The normalized spacial score (nSPS) is 27.6. The van der Waals surface area contributed by atoms with Crippen LogP contribution in [0.1, 0.15) is 40.0 Å². The Morgan fingerprint density at radius 3 is 2.56 bits per heavy atom. The Morgan fingerprint density at radius 1 is 1.31 bits per heavy atom. The van der Waals surface area contributed by atoms with Crippen molar-refractivity contribution in [3.8, 4) is 0 Å². The van der Waals surface area contributed by atoms with E-state index in [2.05, 4.69) is 30.4 Å². The summed E-state index contributed by atoms with van der Waals surface area (Å²) in [5.41, 5.74) is 0.838. The zero-order valence-electron chi connectivity index (χ0n) is 10.0. The molecule has 1 rings (SSSR count). The molecule has 0 aromatic rings. The van der Waals surface area contributed by atoms with Crippen molar-refractivity contribution in [2.24, 2.45) is 15.8 Å². The van der Waals surface area contributed by atoms with Gasteiger partial charge in [0.05, 0.1) is 19.4 Å². The molecule has 1 atom stereocenters. The summed E-state index contributed by atoms with van der Waals surface area (Å²) in [7, 11) is 0. The lowest BCUT2D eigenvalue weighted by Gasteiger charge is -2.38. The minimum absolute atomic E-state index is 0.0844. The van der Waals surface area contributed by atoms with Crippen LogP contribution in [-0.2, 0) is 9.59 Å². The Hall–Kier alpha value is -1.46. The molecule has 1 saturated carbocycles. The van der Waals surface area contributed by atoms with Crippen LogP contribution >= 0.6 is 0 Å². The molecule has 0 aromatic heterocycles. The van der Waals surface area contributed by atoms with Crippen molar-refractivity contribution in [2.75, 3.05) is 6.54 Å². The lowest BCUT2D eigenvalue weighted by Crippen LogP contribution is -2.38. The summed E-state index contributed by atoms with van der Waals surface area (Å²) in [5.74, 6) is 0. The van der Waals surface area contributed by atoms with Gasteiger partial charge in [0, 0.05) is 4.67 Å². The predicted octanol–water partition coefficient (Wildman–Crippen LogP) is 1.38. The van der Waals surface area contributed by atoms with Crippen LogP contribution < -0.4 is 4.67 Å². The first-order valence-electron chi connectivity index (χ1n) is 5.37. The fraction of sp³-hybridized carbons (Fsp3) is 0.750. The first-order valence-corrected chi connectivity index (χ1v) is 5.37. The number of hydrogen-bond acceptors (Lipinski definition) is 3. The Labute approximate surface area is 95.2 Å². The molecule has 16 heavy (non-hydrogen) atoms. The van der Waals surface area contributed by atoms with Crippen LogP contribution in [-0.4, -0.2) is 24.4 Å². The van der Waals surface area contributed by atoms with Gasteiger partial charge in [-0.15, -0.1) is 4.79 Å². The Kier molecular flexibility index (Phi) is 3.62. The number of aliphatic imine (C=N–C) groups is 1. The van der Waals surface area contributed by atoms with Gasteiger partial charge in [0.1, 0.15) is 0 Å². The van der Waals surface area contributed by atoms with Crippen LogP contribution in [0.5, 0.6) is 0 Å². The summed E-state index contributed by atoms with van der Waals surface area (Å²) in [5, 5.41) is 0. The SMILES string of the molecule is CC1(C)CC(=[N+]=C=O)CC(C)(CN=C=O)C1. The molecule has 0 amide bonds. The van der Waals surface area contributed by atoms with E-state index in [1.807, 2.05) is 0 Å². The van der Waals surface area contributed by atoms with Crippen molar-refractivity contribution in [1.29, 1.82) is 0 Å². The molecule has 4 nitrogen and oxygen atoms in total. The van der Waals surface area contributed by atoms with E-state index in [4.69, 9.17) is 0 Å². The number of carbonyl (C=O) groups excluding carboxylic acids is 2. The van der Waals surface area contributed by atoms with Crippen LogP contribution in [0, 0.1) is 10.8 Å². The van der Waals surface area contributed by atoms with E-state index >= 15 is 0 Å². The maximum Gasteiger partial charge on any atom is 0.567 e. The second kappa shape index (κ2) is 4.59. The largest absolute Gasteiger partial charge is 0.567 e. The van der Waals surface area contributed by atoms with Crippen LogP contribution in [0.2, 0.25) is 0 Å². The molecular formula is C12H17N2O2+. The Balaban J connectivity index is 3.00. The third kappa shape index (κ3) is 3.29. The van der Waals surface area contributed by atoms with Crippen molar-refractivity contribution in [3.63, 3.8) is 0 Å². The van der Waals surface area contributed by atoms with Crippen molar-refractivity contribution in [3.05, 3.63) is 0 Å². The first-order chi connectivity index (χ1) is 7.41. The molecule has 0 aliphatic heterocycles. The highest BCUT2D eigenvalue weighted by atomic mass is 16.1. The summed E-state index contributed by atoms with van der Waals surface area (Å²) in [6, 6.07) is 0. The zero-order valence-corrected chi connectivity index (χ0v) is 10.0. The standard InChI is InChI=1S/C12H17N2O2/c1-11(2)4-10(14-9-16)5-12(3,6-11)7-13-8-15/h4-7H2,1-3H3/q+1. The van der Waals surface area contributed by atoms with Gasteiger partial charge in [-0.05, 0) is 17.3 Å². The minimum atomic E-state index is -0.102. The second-order valence-electron chi connectivity index (χ2n) is 5.68. The summed E-state index contributed by atoms with van der Waals surface area (Å²) in [6.45, 7) is 6.78. The molecule has 1 fully saturated rings. The number of nitrogens with zero attached hydrogens (tertiary/aromatic N) is 2. The molecule has 0 aromatic carbocycles. The molecule has 1 unspecified atom stereocenters. The number of isocyanates is 2. The minimum Gasteiger partial charge on any atom is -0.211 e. The van der Waals surface area contributed by atoms with E-state index in [1.54, 1.807) is 12.2 Å². The van der Waals surface area contributed by atoms with E-state index in [9.17, 15) is 9.59 Å². The van der Waals surface area contributed by atoms with Crippen molar-refractivity contribution in [1.82, 2.24) is 4.67 Å². The fourth-order valence-electron chi connectivity index (χ4n) is 2.87. The van der Waals surface area contributed by atoms with E-state index < -0.39 is 0 Å². The second-order valence-corrected chi connectivity index (χ2v) is 5.68. The average Bonchev–Trinajstić information content (AvgIpc) is 2.12. The van der Waals surface area contributed by atoms with Gasteiger partial charge in [-0.3, -0.25) is 0 Å². The maximum absolute atomic E-state index is 10.3. The third-order valence-electron chi connectivity index (χ3n) is 2.95. The van der Waals surface area contributed by atoms with E-state index in [0.29, 0.717) is 13.0 Å². The van der Waals surface area contributed by atoms with Gasteiger partial charge in [-0.2, -0.15) is 0 Å². The predicted molar refractivity (Wildman–Crippen MR) is 61.6 cm³/mol. The van der Waals surface area contributed by atoms with Crippen LogP contribution in [0.15, 0.2) is 4.99 Å². The smallest absolute Gasteiger partial charge is 0.211 e. The molecule has 0 saturated heterocycles. The van der Waals surface area contributed by atoms with Gasteiger partial charge >= 0.3 is 6.08 Å². The summed E-state index contributed by atoms with van der Waals surface area (Å²) >= 11 is 0. The van der Waals surface area contributed by atoms with Gasteiger partial charge in [0.2, 0.25) is 6.08 Å². The summed E-state index contributed by atoms with van der Waals surface area (Å²) < 4.78 is 3.75. The van der Waals surface area contributed by atoms with Crippen LogP contribution in [0.4, 0.5) is 0 Å². The highest BCUT2D eigenvalue weighted by Crippen LogP contribution is 2.44. The number of rotatable bonds is 2. The topological polar surface area (TPSA) is 60.6 Å². The Bertz CT molecular complexity index is 409. The van der Waals surface area contributed by atoms with E-state index in [0.717, 1.165) is 18.6 Å². The molecular weight excluding hydrogens is 204 g/mol. The monoisotopic (exact) mass is 221 g/mol. The summed E-state index contributed by atoms with van der Waals surface area (Å²) in [4.78, 5) is 24.2. The molecule has 86 valence electrons. The highest BCUT2D eigenvalue weighted by Gasteiger charge is 2.43. The molecule has 4 heteroatoms. The van der Waals surface area contributed by atoms with Crippen molar-refractivity contribution >= 4 is 17.9 Å².